The smallest absolute Gasteiger partial charge is 0.309 e. The number of carboxylic acids is 1. The van der Waals surface area contributed by atoms with Gasteiger partial charge in [0.15, 0.2) is 0 Å². The maximum atomic E-state index is 13.4. The lowest BCUT2D eigenvalue weighted by Gasteiger charge is -2.12. The van der Waals surface area contributed by atoms with Crippen LogP contribution in [0.4, 0.5) is 8.78 Å². The van der Waals surface area contributed by atoms with Crippen LogP contribution in [0.25, 0.3) is 0 Å². The largest absolute Gasteiger partial charge is 0.481 e. The number of aromatic amines is 1. The fourth-order valence-corrected chi connectivity index (χ4v) is 1.90. The minimum absolute atomic E-state index is 0.391. The molecule has 1 aliphatic rings. The summed E-state index contributed by atoms with van der Waals surface area (Å²) in [6.45, 7) is 0. The molecule has 2 rings (SSSR count). The van der Waals surface area contributed by atoms with Crippen molar-refractivity contribution in [3.8, 4) is 0 Å². The molecule has 6 heteroatoms. The second kappa shape index (κ2) is 3.29. The van der Waals surface area contributed by atoms with Crippen LogP contribution in [0.3, 0.4) is 0 Å². The van der Waals surface area contributed by atoms with E-state index < -0.39 is 24.0 Å². The SMILES string of the molecule is O=C(O)CC(F)(F)c1n[nH]c2c1CCC2. The first kappa shape index (κ1) is 10.1. The van der Waals surface area contributed by atoms with Crippen molar-refractivity contribution in [3.63, 3.8) is 0 Å². The molecular weight excluding hydrogens is 206 g/mol. The van der Waals surface area contributed by atoms with Gasteiger partial charge < -0.3 is 5.11 Å². The molecule has 15 heavy (non-hydrogen) atoms. The molecule has 1 aromatic heterocycles. The molecule has 0 aromatic carbocycles. The topological polar surface area (TPSA) is 66.0 Å². The van der Waals surface area contributed by atoms with Crippen LogP contribution in [0.1, 0.15) is 29.8 Å². The van der Waals surface area contributed by atoms with Gasteiger partial charge in [0, 0.05) is 11.3 Å². The Kier molecular flexibility index (Phi) is 2.21. The third kappa shape index (κ3) is 1.71. The van der Waals surface area contributed by atoms with Crippen molar-refractivity contribution >= 4 is 5.97 Å². The van der Waals surface area contributed by atoms with E-state index >= 15 is 0 Å². The van der Waals surface area contributed by atoms with E-state index in [0.29, 0.717) is 18.4 Å². The minimum Gasteiger partial charge on any atom is -0.481 e. The van der Waals surface area contributed by atoms with Crippen molar-refractivity contribution in [3.05, 3.63) is 17.0 Å². The Hall–Kier alpha value is -1.46. The van der Waals surface area contributed by atoms with Crippen LogP contribution in [0, 0.1) is 0 Å². The zero-order valence-corrected chi connectivity index (χ0v) is 7.89. The Balaban J connectivity index is 2.32. The first-order chi connectivity index (χ1) is 7.00. The zero-order chi connectivity index (χ0) is 11.1. The number of carbonyl (C=O) groups is 1. The highest BCUT2D eigenvalue weighted by atomic mass is 19.3. The molecule has 0 amide bonds. The van der Waals surface area contributed by atoms with Gasteiger partial charge in [-0.25, -0.2) is 0 Å². The van der Waals surface area contributed by atoms with Crippen LogP contribution < -0.4 is 0 Å². The molecule has 0 radical (unpaired) electrons. The maximum Gasteiger partial charge on any atom is 0.309 e. The highest BCUT2D eigenvalue weighted by molar-refractivity contribution is 5.68. The third-order valence-electron chi connectivity index (χ3n) is 2.53. The number of nitrogens with zero attached hydrogens (tertiary/aromatic N) is 1. The third-order valence-corrected chi connectivity index (χ3v) is 2.53. The van der Waals surface area contributed by atoms with Crippen molar-refractivity contribution in [1.29, 1.82) is 0 Å². The Morgan fingerprint density at radius 1 is 1.53 bits per heavy atom. The first-order valence-corrected chi connectivity index (χ1v) is 4.67. The average molecular weight is 216 g/mol. The molecule has 82 valence electrons. The Morgan fingerprint density at radius 2 is 2.27 bits per heavy atom. The summed E-state index contributed by atoms with van der Waals surface area (Å²) in [7, 11) is 0. The molecule has 0 fully saturated rings. The van der Waals surface area contributed by atoms with E-state index in [-0.39, 0.29) is 0 Å². The van der Waals surface area contributed by atoms with E-state index in [9.17, 15) is 13.6 Å². The van der Waals surface area contributed by atoms with E-state index in [0.717, 1.165) is 12.1 Å². The molecule has 0 saturated heterocycles. The normalized spacial score (nSPS) is 15.3. The van der Waals surface area contributed by atoms with Gasteiger partial charge in [-0.15, -0.1) is 0 Å². The summed E-state index contributed by atoms with van der Waals surface area (Å²) in [5.74, 6) is -4.89. The predicted octanol–water partition coefficient (Wildman–Crippen LogP) is 1.46. The summed E-state index contributed by atoms with van der Waals surface area (Å²) in [6, 6.07) is 0. The Morgan fingerprint density at radius 3 is 2.93 bits per heavy atom. The summed E-state index contributed by atoms with van der Waals surface area (Å²) >= 11 is 0. The zero-order valence-electron chi connectivity index (χ0n) is 7.89. The summed E-state index contributed by atoms with van der Waals surface area (Å²) in [5, 5.41) is 14.4. The van der Waals surface area contributed by atoms with Gasteiger partial charge in [0.05, 0.1) is 0 Å². The van der Waals surface area contributed by atoms with Gasteiger partial charge in [0.25, 0.3) is 0 Å². The molecule has 0 saturated carbocycles. The van der Waals surface area contributed by atoms with Gasteiger partial charge >= 0.3 is 11.9 Å². The van der Waals surface area contributed by atoms with Crippen LogP contribution in [0.2, 0.25) is 0 Å². The lowest BCUT2D eigenvalue weighted by atomic mass is 10.1. The fraction of sp³-hybridized carbons (Fsp3) is 0.556. The molecule has 4 nitrogen and oxygen atoms in total. The van der Waals surface area contributed by atoms with Crippen LogP contribution in [0.15, 0.2) is 0 Å². The highest BCUT2D eigenvalue weighted by Gasteiger charge is 2.40. The fourth-order valence-electron chi connectivity index (χ4n) is 1.90. The van der Waals surface area contributed by atoms with Crippen molar-refractivity contribution in [2.45, 2.75) is 31.6 Å². The number of aromatic nitrogens is 2. The summed E-state index contributed by atoms with van der Waals surface area (Å²) in [5.41, 5.74) is 0.828. The van der Waals surface area contributed by atoms with Gasteiger partial charge in [-0.05, 0) is 19.3 Å². The molecule has 1 aromatic rings. The lowest BCUT2D eigenvalue weighted by molar-refractivity contribution is -0.145. The quantitative estimate of drug-likeness (QED) is 0.803. The summed E-state index contributed by atoms with van der Waals surface area (Å²) in [6.07, 6.45) is 0.881. The average Bonchev–Trinajstić information content (AvgIpc) is 2.57. The van der Waals surface area contributed by atoms with Gasteiger partial charge in [-0.3, -0.25) is 9.89 Å². The maximum absolute atomic E-state index is 13.4. The summed E-state index contributed by atoms with van der Waals surface area (Å²) in [4.78, 5) is 10.3. The molecule has 0 bridgehead atoms. The van der Waals surface area contributed by atoms with Gasteiger partial charge in [0.1, 0.15) is 12.1 Å². The predicted molar refractivity (Wildman–Crippen MR) is 46.8 cm³/mol. The molecule has 2 N–H and O–H groups in total. The number of aliphatic carboxylic acids is 1. The molecule has 1 aliphatic carbocycles. The number of hydrogen-bond acceptors (Lipinski definition) is 2. The van der Waals surface area contributed by atoms with Crippen molar-refractivity contribution in [2.24, 2.45) is 0 Å². The van der Waals surface area contributed by atoms with Crippen LogP contribution >= 0.6 is 0 Å². The van der Waals surface area contributed by atoms with E-state index in [4.69, 9.17) is 5.11 Å². The van der Waals surface area contributed by atoms with Crippen LogP contribution in [-0.4, -0.2) is 21.3 Å². The van der Waals surface area contributed by atoms with E-state index in [1.165, 1.54) is 0 Å². The van der Waals surface area contributed by atoms with Gasteiger partial charge in [-0.1, -0.05) is 0 Å². The molecule has 0 spiro atoms. The molecular formula is C9H10F2N2O2. The number of fused-ring (bicyclic) bond motifs is 1. The van der Waals surface area contributed by atoms with Gasteiger partial charge in [-0.2, -0.15) is 13.9 Å². The van der Waals surface area contributed by atoms with Crippen molar-refractivity contribution in [1.82, 2.24) is 10.2 Å². The summed E-state index contributed by atoms with van der Waals surface area (Å²) < 4.78 is 26.9. The monoisotopic (exact) mass is 216 g/mol. The number of rotatable bonds is 3. The number of alkyl halides is 2. The number of aryl methyl sites for hydroxylation is 1. The number of nitrogens with one attached hydrogen (secondary N) is 1. The molecule has 0 aliphatic heterocycles. The Labute approximate surface area is 84.3 Å². The van der Waals surface area contributed by atoms with E-state index in [2.05, 4.69) is 10.2 Å². The second-order valence-corrected chi connectivity index (χ2v) is 3.66. The van der Waals surface area contributed by atoms with Crippen LogP contribution in [-0.2, 0) is 23.6 Å². The van der Waals surface area contributed by atoms with Crippen molar-refractivity contribution in [2.75, 3.05) is 0 Å². The standard InChI is InChI=1S/C9H10F2N2O2/c10-9(11,4-7(14)15)8-5-2-1-3-6(5)12-13-8/h1-4H2,(H,12,13)(H,14,15). The Bertz CT molecular complexity index is 401. The molecule has 0 unspecified atom stereocenters. The number of carboxylic acid groups (broad SMARTS) is 1. The van der Waals surface area contributed by atoms with Gasteiger partial charge in [0.2, 0.25) is 0 Å². The second-order valence-electron chi connectivity index (χ2n) is 3.66. The number of halogens is 2. The number of hydrogen-bond donors (Lipinski definition) is 2. The highest BCUT2D eigenvalue weighted by Crippen LogP contribution is 2.36. The minimum atomic E-state index is -3.37. The molecule has 0 atom stereocenters. The van der Waals surface area contributed by atoms with E-state index in [1.54, 1.807) is 0 Å². The first-order valence-electron chi connectivity index (χ1n) is 4.67. The van der Waals surface area contributed by atoms with Crippen molar-refractivity contribution < 1.29 is 18.7 Å². The number of H-pyrrole nitrogens is 1. The van der Waals surface area contributed by atoms with Crippen LogP contribution in [0.5, 0.6) is 0 Å². The molecule has 1 heterocycles. The lowest BCUT2D eigenvalue weighted by Crippen LogP contribution is -2.20. The van der Waals surface area contributed by atoms with E-state index in [1.807, 2.05) is 0 Å².